The zero-order valence-corrected chi connectivity index (χ0v) is 18.8. The highest BCUT2D eigenvalue weighted by molar-refractivity contribution is 7.92. The molecule has 1 aliphatic carbocycles. The third-order valence-corrected chi connectivity index (χ3v) is 8.50. The van der Waals surface area contributed by atoms with Crippen LogP contribution in [-0.4, -0.2) is 48.6 Å². The summed E-state index contributed by atoms with van der Waals surface area (Å²) in [5.41, 5.74) is 7.13. The summed E-state index contributed by atoms with van der Waals surface area (Å²) in [4.78, 5) is 30.9. The molecule has 2 aliphatic rings. The summed E-state index contributed by atoms with van der Waals surface area (Å²) in [6, 6.07) is 9.81. The van der Waals surface area contributed by atoms with Gasteiger partial charge in [0, 0.05) is 19.3 Å². The van der Waals surface area contributed by atoms with Gasteiger partial charge in [-0.3, -0.25) is 4.79 Å². The molecule has 1 aromatic carbocycles. The number of aromatic nitrogens is 1. The maximum absolute atomic E-state index is 13.2. The molecule has 0 radical (unpaired) electrons. The highest BCUT2D eigenvalue weighted by atomic mass is 32.2. The number of likely N-dealkylation sites (tertiary alicyclic amines) is 1. The largest absolute Gasteiger partial charge is 0.351 e. The average molecular weight is 457 g/mol. The van der Waals surface area contributed by atoms with Gasteiger partial charge < -0.3 is 16.0 Å². The van der Waals surface area contributed by atoms with Gasteiger partial charge in [0.15, 0.2) is 9.84 Å². The van der Waals surface area contributed by atoms with E-state index in [9.17, 15) is 18.0 Å². The Kier molecular flexibility index (Phi) is 6.19. The second-order valence-electron chi connectivity index (χ2n) is 8.75. The number of primary amides is 1. The molecule has 2 aromatic rings. The molecule has 4 rings (SSSR count). The predicted octanol–water partition coefficient (Wildman–Crippen LogP) is 2.84. The molecule has 170 valence electrons. The van der Waals surface area contributed by atoms with Crippen molar-refractivity contribution in [2.24, 2.45) is 11.7 Å². The Morgan fingerprint density at radius 2 is 1.88 bits per heavy atom. The molecule has 0 spiro atoms. The van der Waals surface area contributed by atoms with Crippen molar-refractivity contribution in [3.8, 4) is 0 Å². The number of hydrogen-bond acceptors (Lipinski definition) is 5. The SMILES string of the molecule is Cc1ccc(NC(=O)C(C[C@H]2CCN(C(N)=O)C2)c2ccc(S(=O)(=O)C3CC3)cc2)nc1. The van der Waals surface area contributed by atoms with Crippen LogP contribution in [0.4, 0.5) is 10.6 Å². The van der Waals surface area contributed by atoms with Crippen molar-refractivity contribution in [1.29, 1.82) is 0 Å². The van der Waals surface area contributed by atoms with E-state index in [-0.39, 0.29) is 17.1 Å². The van der Waals surface area contributed by atoms with E-state index in [1.54, 1.807) is 41.4 Å². The van der Waals surface area contributed by atoms with Gasteiger partial charge in [0.25, 0.3) is 0 Å². The number of carbonyl (C=O) groups excluding carboxylic acids is 2. The normalized spacial score (nSPS) is 19.5. The van der Waals surface area contributed by atoms with E-state index in [1.165, 1.54) is 0 Å². The zero-order chi connectivity index (χ0) is 22.9. The summed E-state index contributed by atoms with van der Waals surface area (Å²) in [6.45, 7) is 3.01. The van der Waals surface area contributed by atoms with Gasteiger partial charge in [0.1, 0.15) is 5.82 Å². The Hall–Kier alpha value is -2.94. The molecule has 2 atom stereocenters. The number of benzene rings is 1. The van der Waals surface area contributed by atoms with E-state index >= 15 is 0 Å². The van der Waals surface area contributed by atoms with Gasteiger partial charge in [0.2, 0.25) is 5.91 Å². The summed E-state index contributed by atoms with van der Waals surface area (Å²) in [5, 5.41) is 2.60. The third kappa shape index (κ3) is 4.93. The van der Waals surface area contributed by atoms with Crippen molar-refractivity contribution in [3.05, 3.63) is 53.7 Å². The molecule has 1 aliphatic heterocycles. The van der Waals surface area contributed by atoms with Gasteiger partial charge >= 0.3 is 6.03 Å². The van der Waals surface area contributed by atoms with E-state index in [0.29, 0.717) is 43.1 Å². The van der Waals surface area contributed by atoms with Crippen molar-refractivity contribution >= 4 is 27.6 Å². The average Bonchev–Trinajstić information content (AvgIpc) is 3.53. The first kappa shape index (κ1) is 22.3. The van der Waals surface area contributed by atoms with Crippen LogP contribution in [0.25, 0.3) is 0 Å². The first-order chi connectivity index (χ1) is 15.2. The molecule has 32 heavy (non-hydrogen) atoms. The third-order valence-electron chi connectivity index (χ3n) is 6.22. The minimum atomic E-state index is -3.29. The molecule has 0 bridgehead atoms. The van der Waals surface area contributed by atoms with Crippen molar-refractivity contribution in [2.75, 3.05) is 18.4 Å². The van der Waals surface area contributed by atoms with E-state index in [0.717, 1.165) is 17.5 Å². The van der Waals surface area contributed by atoms with Gasteiger partial charge in [0.05, 0.1) is 16.1 Å². The fourth-order valence-electron chi connectivity index (χ4n) is 4.17. The molecule has 3 amide bonds. The van der Waals surface area contributed by atoms with Crippen molar-refractivity contribution in [1.82, 2.24) is 9.88 Å². The van der Waals surface area contributed by atoms with Gasteiger partial charge in [-0.2, -0.15) is 0 Å². The number of nitrogens with two attached hydrogens (primary N) is 1. The molecular weight excluding hydrogens is 428 g/mol. The standard InChI is InChI=1S/C23H28N4O4S/c1-15-2-9-21(25-13-15)26-22(28)20(12-16-10-11-27(14-16)23(24)29)17-3-5-18(6-4-17)32(30,31)19-7-8-19/h2-6,9,13,16,19-20H,7-8,10-12,14H2,1H3,(H2,24,29)(H,25,26,28)/t16-,20?/m1/s1. The van der Waals surface area contributed by atoms with Crippen LogP contribution in [0.5, 0.6) is 0 Å². The quantitative estimate of drug-likeness (QED) is 0.663. The second kappa shape index (κ2) is 8.90. The zero-order valence-electron chi connectivity index (χ0n) is 18.0. The number of anilines is 1. The number of pyridine rings is 1. The fourth-order valence-corrected chi connectivity index (χ4v) is 5.83. The van der Waals surface area contributed by atoms with Crippen molar-refractivity contribution in [2.45, 2.75) is 48.7 Å². The lowest BCUT2D eigenvalue weighted by Crippen LogP contribution is -2.34. The highest BCUT2D eigenvalue weighted by Gasteiger charge is 2.37. The minimum absolute atomic E-state index is 0.124. The summed E-state index contributed by atoms with van der Waals surface area (Å²) in [7, 11) is -3.29. The Morgan fingerprint density at radius 1 is 1.16 bits per heavy atom. The summed E-state index contributed by atoms with van der Waals surface area (Å²) < 4.78 is 25.0. The summed E-state index contributed by atoms with van der Waals surface area (Å²) >= 11 is 0. The highest BCUT2D eigenvalue weighted by Crippen LogP contribution is 2.35. The molecular formula is C23H28N4O4S. The van der Waals surface area contributed by atoms with Crippen LogP contribution < -0.4 is 11.1 Å². The Balaban J connectivity index is 1.55. The number of amides is 3. The van der Waals surface area contributed by atoms with E-state index < -0.39 is 21.8 Å². The van der Waals surface area contributed by atoms with Crippen molar-refractivity contribution < 1.29 is 18.0 Å². The molecule has 2 fully saturated rings. The number of sulfone groups is 1. The molecule has 3 N–H and O–H groups in total. The molecule has 8 nitrogen and oxygen atoms in total. The molecule has 1 saturated heterocycles. The van der Waals surface area contributed by atoms with E-state index in [1.807, 2.05) is 13.0 Å². The maximum atomic E-state index is 13.2. The van der Waals surface area contributed by atoms with Crippen LogP contribution in [0.1, 0.15) is 42.7 Å². The lowest BCUT2D eigenvalue weighted by atomic mass is 9.87. The molecule has 1 saturated carbocycles. The van der Waals surface area contributed by atoms with Crippen LogP contribution >= 0.6 is 0 Å². The molecule has 1 unspecified atom stereocenters. The van der Waals surface area contributed by atoms with Gasteiger partial charge in [-0.1, -0.05) is 18.2 Å². The van der Waals surface area contributed by atoms with Crippen LogP contribution in [-0.2, 0) is 14.6 Å². The summed E-state index contributed by atoms with van der Waals surface area (Å²) in [6.07, 6.45) is 4.39. The number of aryl methyl sites for hydroxylation is 1. The van der Waals surface area contributed by atoms with Gasteiger partial charge in [-0.15, -0.1) is 0 Å². The predicted molar refractivity (Wildman–Crippen MR) is 121 cm³/mol. The van der Waals surface area contributed by atoms with E-state index in [2.05, 4.69) is 10.3 Å². The van der Waals surface area contributed by atoms with E-state index in [4.69, 9.17) is 5.73 Å². The van der Waals surface area contributed by atoms with Crippen molar-refractivity contribution in [3.63, 3.8) is 0 Å². The second-order valence-corrected chi connectivity index (χ2v) is 11.0. The van der Waals surface area contributed by atoms with Gasteiger partial charge in [-0.05, 0) is 67.9 Å². The Bertz CT molecular complexity index is 1100. The number of urea groups is 1. The topological polar surface area (TPSA) is 122 Å². The number of nitrogens with one attached hydrogen (secondary N) is 1. The molecule has 1 aromatic heterocycles. The Labute approximate surface area is 188 Å². The van der Waals surface area contributed by atoms with Crippen LogP contribution in [0, 0.1) is 12.8 Å². The first-order valence-corrected chi connectivity index (χ1v) is 12.4. The lowest BCUT2D eigenvalue weighted by Gasteiger charge is -2.21. The number of hydrogen-bond donors (Lipinski definition) is 2. The smallest absolute Gasteiger partial charge is 0.314 e. The number of carbonyl (C=O) groups is 2. The monoisotopic (exact) mass is 456 g/mol. The van der Waals surface area contributed by atoms with Crippen LogP contribution in [0.3, 0.4) is 0 Å². The molecule has 2 heterocycles. The first-order valence-electron chi connectivity index (χ1n) is 10.9. The van der Waals surface area contributed by atoms with Crippen LogP contribution in [0.15, 0.2) is 47.5 Å². The summed E-state index contributed by atoms with van der Waals surface area (Å²) in [5.74, 6) is -0.131. The Morgan fingerprint density at radius 3 is 2.44 bits per heavy atom. The molecule has 9 heteroatoms. The van der Waals surface area contributed by atoms with Crippen LogP contribution in [0.2, 0.25) is 0 Å². The lowest BCUT2D eigenvalue weighted by molar-refractivity contribution is -0.118. The fraction of sp³-hybridized carbons (Fsp3) is 0.435. The number of nitrogens with zero attached hydrogens (tertiary/aromatic N) is 2. The van der Waals surface area contributed by atoms with Gasteiger partial charge in [-0.25, -0.2) is 18.2 Å². The maximum Gasteiger partial charge on any atom is 0.314 e. The minimum Gasteiger partial charge on any atom is -0.351 e. The number of rotatable bonds is 7.